The Labute approximate surface area is 66.2 Å². The topological polar surface area (TPSA) is 18.5 Å². The average Bonchev–Trinajstić information content (AvgIpc) is 2.55. The molecule has 2 heteroatoms. The van der Waals surface area contributed by atoms with E-state index < -0.39 is 0 Å². The van der Waals surface area contributed by atoms with E-state index in [0.717, 1.165) is 0 Å². The van der Waals surface area contributed by atoms with Crippen LogP contribution < -0.4 is 0 Å². The lowest BCUT2D eigenvalue weighted by Gasteiger charge is -2.38. The highest BCUT2D eigenvalue weighted by Gasteiger charge is 2.45. The zero-order valence-corrected chi connectivity index (χ0v) is 6.40. The van der Waals surface area contributed by atoms with E-state index in [0.29, 0.717) is 30.8 Å². The highest BCUT2D eigenvalue weighted by Crippen LogP contribution is 2.42. The van der Waals surface area contributed by atoms with Gasteiger partial charge in [-0.25, -0.2) is 0 Å². The van der Waals surface area contributed by atoms with E-state index in [1.54, 1.807) is 0 Å². The third-order valence-electron chi connectivity index (χ3n) is 3.13. The van der Waals surface area contributed by atoms with Crippen molar-refractivity contribution < 1.29 is 9.47 Å². The number of hydrogen-bond donors (Lipinski definition) is 0. The minimum Gasteiger partial charge on any atom is -0.349 e. The van der Waals surface area contributed by atoms with Crippen molar-refractivity contribution in [1.29, 1.82) is 0 Å². The van der Waals surface area contributed by atoms with Crippen LogP contribution in [0.5, 0.6) is 0 Å². The highest BCUT2D eigenvalue weighted by molar-refractivity contribution is 5.12. The Balaban J connectivity index is 1.97. The van der Waals surface area contributed by atoms with Crippen molar-refractivity contribution >= 4 is 0 Å². The third kappa shape index (κ3) is 0.741. The van der Waals surface area contributed by atoms with E-state index in [1.165, 1.54) is 12.8 Å². The Hall–Kier alpha value is -0.340. The molecule has 4 aliphatic rings. The summed E-state index contributed by atoms with van der Waals surface area (Å²) in [7, 11) is 0. The molecule has 2 nitrogen and oxygen atoms in total. The van der Waals surface area contributed by atoms with Crippen LogP contribution in [0.1, 0.15) is 12.8 Å². The van der Waals surface area contributed by atoms with Gasteiger partial charge in [-0.3, -0.25) is 0 Å². The lowest BCUT2D eigenvalue weighted by atomic mass is 9.72. The molecule has 0 amide bonds. The molecular formula is C9H12O2. The van der Waals surface area contributed by atoms with Gasteiger partial charge in [-0.1, -0.05) is 12.2 Å². The molecule has 0 aromatic heterocycles. The van der Waals surface area contributed by atoms with Gasteiger partial charge < -0.3 is 9.47 Å². The van der Waals surface area contributed by atoms with Gasteiger partial charge in [0, 0.05) is 11.8 Å². The average molecular weight is 152 g/mol. The first-order valence-electron chi connectivity index (χ1n) is 4.37. The molecule has 4 rings (SSSR count). The molecule has 4 atom stereocenters. The molecule has 0 aromatic carbocycles. The smallest absolute Gasteiger partial charge is 0.147 e. The Morgan fingerprint density at radius 1 is 0.909 bits per heavy atom. The highest BCUT2D eigenvalue weighted by atomic mass is 16.7. The molecule has 2 fully saturated rings. The van der Waals surface area contributed by atoms with Crippen LogP contribution in [-0.2, 0) is 9.47 Å². The maximum Gasteiger partial charge on any atom is 0.147 e. The molecule has 0 N–H and O–H groups in total. The Bertz CT molecular complexity index is 180. The van der Waals surface area contributed by atoms with E-state index in [4.69, 9.17) is 9.47 Å². The minimum atomic E-state index is 0.388. The first-order chi connectivity index (χ1) is 5.45. The molecule has 0 radical (unpaired) electrons. The summed E-state index contributed by atoms with van der Waals surface area (Å²) in [6.07, 6.45) is 7.99. The van der Waals surface area contributed by atoms with Crippen LogP contribution in [-0.4, -0.2) is 19.0 Å². The Morgan fingerprint density at radius 3 is 1.91 bits per heavy atom. The quantitative estimate of drug-likeness (QED) is 0.487. The summed E-state index contributed by atoms with van der Waals surface area (Å²) in [5.41, 5.74) is 0. The van der Waals surface area contributed by atoms with Gasteiger partial charge in [-0.2, -0.15) is 0 Å². The predicted molar refractivity (Wildman–Crippen MR) is 40.0 cm³/mol. The van der Waals surface area contributed by atoms with Crippen molar-refractivity contribution in [3.63, 3.8) is 0 Å². The second-order valence-corrected chi connectivity index (χ2v) is 3.67. The van der Waals surface area contributed by atoms with Crippen molar-refractivity contribution in [2.24, 2.45) is 11.8 Å². The molecule has 1 aliphatic heterocycles. The zero-order valence-electron chi connectivity index (χ0n) is 6.40. The fraction of sp³-hybridized carbons (Fsp3) is 0.778. The van der Waals surface area contributed by atoms with Gasteiger partial charge >= 0.3 is 0 Å². The largest absolute Gasteiger partial charge is 0.349 e. The van der Waals surface area contributed by atoms with Crippen LogP contribution in [0.25, 0.3) is 0 Å². The second kappa shape index (κ2) is 2.08. The van der Waals surface area contributed by atoms with E-state index in [-0.39, 0.29) is 0 Å². The van der Waals surface area contributed by atoms with Crippen LogP contribution in [0.2, 0.25) is 0 Å². The van der Waals surface area contributed by atoms with Crippen LogP contribution in [0.3, 0.4) is 0 Å². The summed E-state index contributed by atoms with van der Waals surface area (Å²) in [5, 5.41) is 0. The summed E-state index contributed by atoms with van der Waals surface area (Å²) < 4.78 is 11.0. The summed E-state index contributed by atoms with van der Waals surface area (Å²) in [4.78, 5) is 0. The molecule has 0 spiro atoms. The normalized spacial score (nSPS) is 53.1. The summed E-state index contributed by atoms with van der Waals surface area (Å²) in [6, 6.07) is 0. The number of rotatable bonds is 0. The van der Waals surface area contributed by atoms with Crippen LogP contribution in [0, 0.1) is 11.8 Å². The third-order valence-corrected chi connectivity index (χ3v) is 3.13. The van der Waals surface area contributed by atoms with Crippen LogP contribution in [0.4, 0.5) is 0 Å². The van der Waals surface area contributed by atoms with Gasteiger partial charge in [-0.05, 0) is 12.8 Å². The molecule has 3 aliphatic carbocycles. The van der Waals surface area contributed by atoms with Crippen molar-refractivity contribution in [3.8, 4) is 0 Å². The van der Waals surface area contributed by atoms with E-state index >= 15 is 0 Å². The number of hydrogen-bond acceptors (Lipinski definition) is 2. The van der Waals surface area contributed by atoms with Crippen molar-refractivity contribution in [3.05, 3.63) is 12.2 Å². The van der Waals surface area contributed by atoms with Gasteiger partial charge in [0.15, 0.2) is 0 Å². The Morgan fingerprint density at radius 2 is 1.45 bits per heavy atom. The van der Waals surface area contributed by atoms with E-state index in [9.17, 15) is 0 Å². The molecule has 4 unspecified atom stereocenters. The van der Waals surface area contributed by atoms with Crippen molar-refractivity contribution in [2.75, 3.05) is 6.79 Å². The predicted octanol–water partition coefficient (Wildman–Crippen LogP) is 1.32. The van der Waals surface area contributed by atoms with Crippen LogP contribution >= 0.6 is 0 Å². The van der Waals surface area contributed by atoms with Gasteiger partial charge in [0.25, 0.3) is 0 Å². The van der Waals surface area contributed by atoms with Gasteiger partial charge in [-0.15, -0.1) is 0 Å². The van der Waals surface area contributed by atoms with E-state index in [2.05, 4.69) is 12.2 Å². The SMILES string of the molecule is C1=CC2CCC1C1OCOC21. The lowest BCUT2D eigenvalue weighted by Crippen LogP contribution is -2.42. The second-order valence-electron chi connectivity index (χ2n) is 3.67. The molecule has 60 valence electrons. The summed E-state index contributed by atoms with van der Waals surface area (Å²) >= 11 is 0. The van der Waals surface area contributed by atoms with Gasteiger partial charge in [0.2, 0.25) is 0 Å². The number of ether oxygens (including phenoxy) is 2. The fourth-order valence-corrected chi connectivity index (χ4v) is 2.53. The first-order valence-corrected chi connectivity index (χ1v) is 4.37. The first kappa shape index (κ1) is 6.21. The summed E-state index contributed by atoms with van der Waals surface area (Å²) in [5.74, 6) is 1.29. The van der Waals surface area contributed by atoms with Crippen LogP contribution in [0.15, 0.2) is 12.2 Å². The minimum absolute atomic E-state index is 0.388. The maximum atomic E-state index is 5.52. The van der Waals surface area contributed by atoms with E-state index in [1.807, 2.05) is 0 Å². The Kier molecular flexibility index (Phi) is 1.17. The lowest BCUT2D eigenvalue weighted by molar-refractivity contribution is 0.0342. The molecule has 1 heterocycles. The molecule has 11 heavy (non-hydrogen) atoms. The van der Waals surface area contributed by atoms with Crippen molar-refractivity contribution in [2.45, 2.75) is 25.0 Å². The molecule has 1 saturated heterocycles. The van der Waals surface area contributed by atoms with Gasteiger partial charge in [0.1, 0.15) is 6.79 Å². The van der Waals surface area contributed by atoms with Gasteiger partial charge in [0.05, 0.1) is 12.2 Å². The van der Waals surface area contributed by atoms with Crippen molar-refractivity contribution in [1.82, 2.24) is 0 Å². The standard InChI is InChI=1S/C9H12O2/c1-2-7-4-3-6(1)8-9(7)11-5-10-8/h1-2,6-9H,3-5H2. The molecule has 1 saturated carbocycles. The molecule has 2 bridgehead atoms. The monoisotopic (exact) mass is 152 g/mol. The zero-order chi connectivity index (χ0) is 7.26. The molecular weight excluding hydrogens is 140 g/mol. The number of fused-ring (bicyclic) bond motifs is 1. The maximum absolute atomic E-state index is 5.52. The summed E-state index contributed by atoms with van der Waals surface area (Å²) in [6.45, 7) is 0.518. The molecule has 0 aromatic rings. The fourth-order valence-electron chi connectivity index (χ4n) is 2.53.